The summed E-state index contributed by atoms with van der Waals surface area (Å²) in [5.74, 6) is 2.14. The fraction of sp³-hybridized carbons (Fsp3) is 0.139. The number of fused-ring (bicyclic) bond motifs is 1. The molecular weight excluding hydrogens is 512 g/mol. The Labute approximate surface area is 239 Å². The summed E-state index contributed by atoms with van der Waals surface area (Å²) in [5.41, 5.74) is 4.58. The Balaban J connectivity index is 1.38. The highest BCUT2D eigenvalue weighted by atomic mass is 16.5. The first-order valence-electron chi connectivity index (χ1n) is 13.7. The lowest BCUT2D eigenvalue weighted by Crippen LogP contribution is -2.26. The third-order valence-electron chi connectivity index (χ3n) is 6.92. The first-order chi connectivity index (χ1) is 20.2. The average molecular weight is 543 g/mol. The van der Waals surface area contributed by atoms with Crippen molar-refractivity contribution in [3.8, 4) is 23.0 Å². The maximum Gasteiger partial charge on any atom is 0.203 e. The molecule has 1 aliphatic heterocycles. The molecular formula is C36H30O5. The predicted molar refractivity (Wildman–Crippen MR) is 157 cm³/mol. The molecule has 0 aromatic heterocycles. The molecule has 204 valence electrons. The van der Waals surface area contributed by atoms with Crippen LogP contribution in [0.3, 0.4) is 0 Å². The first kappa shape index (κ1) is 26.2. The normalized spacial score (nSPS) is 14.0. The Bertz CT molecular complexity index is 1540. The Kier molecular flexibility index (Phi) is 7.95. The van der Waals surface area contributed by atoms with Crippen LogP contribution in [0.2, 0.25) is 0 Å². The highest BCUT2D eigenvalue weighted by molar-refractivity contribution is 5.89. The van der Waals surface area contributed by atoms with Gasteiger partial charge in [0.05, 0.1) is 0 Å². The van der Waals surface area contributed by atoms with E-state index in [4.69, 9.17) is 18.9 Å². The molecule has 5 heteroatoms. The van der Waals surface area contributed by atoms with Crippen molar-refractivity contribution < 1.29 is 23.7 Å². The quantitative estimate of drug-likeness (QED) is 0.181. The minimum atomic E-state index is -0.786. The van der Waals surface area contributed by atoms with Crippen LogP contribution in [0.4, 0.5) is 0 Å². The molecule has 0 radical (unpaired) electrons. The molecule has 0 N–H and O–H groups in total. The number of ether oxygens (including phenoxy) is 4. The number of ketones is 1. The number of benzene rings is 5. The molecule has 0 saturated carbocycles. The molecule has 6 rings (SSSR count). The van der Waals surface area contributed by atoms with E-state index in [1.807, 2.05) is 127 Å². The summed E-state index contributed by atoms with van der Waals surface area (Å²) in [6, 6.07) is 41.1. The lowest BCUT2D eigenvalue weighted by molar-refractivity contribution is -0.126. The second-order valence-electron chi connectivity index (χ2n) is 9.92. The minimum absolute atomic E-state index is 0.0235. The monoisotopic (exact) mass is 542 g/mol. The van der Waals surface area contributed by atoms with Crippen LogP contribution in [0.5, 0.6) is 23.0 Å². The van der Waals surface area contributed by atoms with Gasteiger partial charge in [-0.15, -0.1) is 0 Å². The molecule has 0 bridgehead atoms. The molecule has 1 heterocycles. The zero-order valence-corrected chi connectivity index (χ0v) is 22.6. The summed E-state index contributed by atoms with van der Waals surface area (Å²) in [7, 11) is 0. The van der Waals surface area contributed by atoms with Crippen LogP contribution in [-0.2, 0) is 31.0 Å². The fourth-order valence-electron chi connectivity index (χ4n) is 4.80. The van der Waals surface area contributed by atoms with Crippen molar-refractivity contribution >= 4 is 5.78 Å². The van der Waals surface area contributed by atoms with Crippen molar-refractivity contribution in [2.24, 2.45) is 0 Å². The molecule has 0 aliphatic carbocycles. The van der Waals surface area contributed by atoms with E-state index in [0.717, 1.165) is 22.3 Å². The molecule has 0 saturated heterocycles. The van der Waals surface area contributed by atoms with E-state index in [1.165, 1.54) is 0 Å². The molecule has 1 atom stereocenters. The van der Waals surface area contributed by atoms with Crippen LogP contribution >= 0.6 is 0 Å². The highest BCUT2D eigenvalue weighted by Gasteiger charge is 2.31. The van der Waals surface area contributed by atoms with Gasteiger partial charge in [-0.2, -0.15) is 0 Å². The van der Waals surface area contributed by atoms with Gasteiger partial charge >= 0.3 is 0 Å². The predicted octanol–water partition coefficient (Wildman–Crippen LogP) is 7.67. The number of hydrogen-bond donors (Lipinski definition) is 0. The van der Waals surface area contributed by atoms with E-state index >= 15 is 0 Å². The van der Waals surface area contributed by atoms with E-state index in [1.54, 1.807) is 0 Å². The van der Waals surface area contributed by atoms with Gasteiger partial charge in [0.15, 0.2) is 23.4 Å². The topological polar surface area (TPSA) is 54.0 Å². The number of carbonyl (C=O) groups excluding carboxylic acids is 1. The SMILES string of the molecule is O=C1Cc2ccccc2OC1c1cc(OCc2ccccc2)c(OCc2ccccc2)c(OCc2ccccc2)c1. The minimum Gasteiger partial charge on any atom is -0.485 e. The lowest BCUT2D eigenvalue weighted by Gasteiger charge is -2.27. The van der Waals surface area contributed by atoms with Crippen LogP contribution in [0.25, 0.3) is 0 Å². The number of para-hydroxylation sites is 1. The zero-order valence-electron chi connectivity index (χ0n) is 22.6. The van der Waals surface area contributed by atoms with Gasteiger partial charge in [-0.1, -0.05) is 109 Å². The van der Waals surface area contributed by atoms with Crippen LogP contribution in [0, 0.1) is 0 Å². The summed E-state index contributed by atoms with van der Waals surface area (Å²) in [4.78, 5) is 13.3. The summed E-state index contributed by atoms with van der Waals surface area (Å²) in [6.45, 7) is 0.981. The van der Waals surface area contributed by atoms with Crippen LogP contribution < -0.4 is 18.9 Å². The molecule has 41 heavy (non-hydrogen) atoms. The number of carbonyl (C=O) groups is 1. The van der Waals surface area contributed by atoms with Crippen molar-refractivity contribution in [2.45, 2.75) is 32.3 Å². The van der Waals surface area contributed by atoms with Gasteiger partial charge in [-0.3, -0.25) is 4.79 Å². The van der Waals surface area contributed by atoms with Gasteiger partial charge in [0.25, 0.3) is 0 Å². The van der Waals surface area contributed by atoms with E-state index in [2.05, 4.69) is 0 Å². The summed E-state index contributed by atoms with van der Waals surface area (Å²) in [5, 5.41) is 0. The second-order valence-corrected chi connectivity index (χ2v) is 9.92. The van der Waals surface area contributed by atoms with Gasteiger partial charge in [-0.25, -0.2) is 0 Å². The van der Waals surface area contributed by atoms with E-state index in [0.29, 0.717) is 54.8 Å². The summed E-state index contributed by atoms with van der Waals surface area (Å²) < 4.78 is 25.4. The van der Waals surface area contributed by atoms with Crippen molar-refractivity contribution in [3.63, 3.8) is 0 Å². The highest BCUT2D eigenvalue weighted by Crippen LogP contribution is 2.44. The Morgan fingerprint density at radius 2 is 1.05 bits per heavy atom. The molecule has 0 amide bonds. The maximum atomic E-state index is 13.3. The van der Waals surface area contributed by atoms with Crippen LogP contribution in [0.15, 0.2) is 127 Å². The largest absolute Gasteiger partial charge is 0.485 e. The first-order valence-corrected chi connectivity index (χ1v) is 13.7. The molecule has 0 spiro atoms. The van der Waals surface area contributed by atoms with E-state index < -0.39 is 6.10 Å². The van der Waals surface area contributed by atoms with Gasteiger partial charge in [-0.05, 0) is 34.9 Å². The van der Waals surface area contributed by atoms with Gasteiger partial charge in [0.2, 0.25) is 5.75 Å². The Morgan fingerprint density at radius 1 is 0.585 bits per heavy atom. The van der Waals surface area contributed by atoms with Crippen molar-refractivity contribution in [2.75, 3.05) is 0 Å². The standard InChI is InChI=1S/C36H30O5/c37-31-20-29-18-10-11-19-32(29)41-35(31)30-21-33(38-23-26-12-4-1-5-13-26)36(40-25-28-16-8-3-9-17-28)34(22-30)39-24-27-14-6-2-7-15-27/h1-19,21-22,35H,20,23-25H2. The Hall–Kier alpha value is -5.03. The smallest absolute Gasteiger partial charge is 0.203 e. The third kappa shape index (κ3) is 6.42. The molecule has 1 unspecified atom stereocenters. The van der Waals surface area contributed by atoms with Crippen molar-refractivity contribution in [1.29, 1.82) is 0 Å². The second kappa shape index (κ2) is 12.4. The summed E-state index contributed by atoms with van der Waals surface area (Å²) >= 11 is 0. The van der Waals surface area contributed by atoms with Crippen molar-refractivity contribution in [3.05, 3.63) is 155 Å². The number of Topliss-reactive ketones (excluding diaryl/α,β-unsaturated/α-hetero) is 1. The van der Waals surface area contributed by atoms with Crippen molar-refractivity contribution in [1.82, 2.24) is 0 Å². The molecule has 1 aliphatic rings. The molecule has 0 fully saturated rings. The Morgan fingerprint density at radius 3 is 1.59 bits per heavy atom. The molecule has 5 aromatic rings. The number of hydrogen-bond acceptors (Lipinski definition) is 5. The third-order valence-corrected chi connectivity index (χ3v) is 6.92. The van der Waals surface area contributed by atoms with Gasteiger partial charge in [0.1, 0.15) is 25.6 Å². The fourth-order valence-corrected chi connectivity index (χ4v) is 4.80. The average Bonchev–Trinajstić information content (AvgIpc) is 3.03. The lowest BCUT2D eigenvalue weighted by atomic mass is 9.95. The molecule has 5 nitrogen and oxygen atoms in total. The van der Waals surface area contributed by atoms with Crippen LogP contribution in [-0.4, -0.2) is 5.78 Å². The van der Waals surface area contributed by atoms with Crippen LogP contribution in [0.1, 0.15) is 33.9 Å². The number of rotatable bonds is 10. The zero-order chi connectivity index (χ0) is 27.9. The maximum absolute atomic E-state index is 13.3. The van der Waals surface area contributed by atoms with Gasteiger partial charge in [0, 0.05) is 17.5 Å². The van der Waals surface area contributed by atoms with Gasteiger partial charge < -0.3 is 18.9 Å². The molecule has 5 aromatic carbocycles. The van der Waals surface area contributed by atoms with E-state index in [-0.39, 0.29) is 5.78 Å². The van der Waals surface area contributed by atoms with E-state index in [9.17, 15) is 4.79 Å². The summed E-state index contributed by atoms with van der Waals surface area (Å²) in [6.07, 6.45) is -0.487.